The Morgan fingerprint density at radius 3 is 3.03 bits per heavy atom. The molecule has 4 N–H and O–H groups in total. The van der Waals surface area contributed by atoms with Crippen molar-refractivity contribution in [1.29, 1.82) is 0 Å². The molecule has 3 aromatic rings. The van der Waals surface area contributed by atoms with Gasteiger partial charge in [0.25, 0.3) is 5.91 Å². The number of pyridine rings is 1. The summed E-state index contributed by atoms with van der Waals surface area (Å²) in [4.78, 5) is 20.5. The van der Waals surface area contributed by atoms with E-state index in [-0.39, 0.29) is 17.7 Å². The van der Waals surface area contributed by atoms with Gasteiger partial charge in [0.15, 0.2) is 11.6 Å². The number of aromatic amines is 1. The van der Waals surface area contributed by atoms with E-state index in [2.05, 4.69) is 37.8 Å². The molecule has 5 rings (SSSR count). The van der Waals surface area contributed by atoms with E-state index in [1.165, 1.54) is 13.2 Å². The zero-order valence-corrected chi connectivity index (χ0v) is 18.6. The Morgan fingerprint density at radius 1 is 1.29 bits per heavy atom. The SMILES string of the molecule is COc1c(F)cccc1Nc1c(-c2ccncc2C#CC2COCCN2)[nH]c2c1C(=O)NCC2. The molecule has 0 aliphatic carbocycles. The number of rotatable bonds is 4. The van der Waals surface area contributed by atoms with Crippen molar-refractivity contribution in [2.24, 2.45) is 0 Å². The second kappa shape index (κ2) is 9.55. The second-order valence-electron chi connectivity index (χ2n) is 7.95. The van der Waals surface area contributed by atoms with Crippen LogP contribution >= 0.6 is 0 Å². The number of hydrogen-bond donors (Lipinski definition) is 4. The van der Waals surface area contributed by atoms with Gasteiger partial charge in [0, 0.05) is 43.2 Å². The number of aromatic nitrogens is 2. The van der Waals surface area contributed by atoms with Crippen LogP contribution in [0.25, 0.3) is 11.3 Å². The number of H-pyrrole nitrogens is 1. The smallest absolute Gasteiger partial charge is 0.255 e. The Labute approximate surface area is 196 Å². The third-order valence-electron chi connectivity index (χ3n) is 5.79. The van der Waals surface area contributed by atoms with Crippen molar-refractivity contribution < 1.29 is 18.7 Å². The Kier molecular flexibility index (Phi) is 6.16. The van der Waals surface area contributed by atoms with Crippen LogP contribution in [0.5, 0.6) is 5.75 Å². The van der Waals surface area contributed by atoms with E-state index in [0.717, 1.165) is 17.8 Å². The first-order chi connectivity index (χ1) is 16.7. The first-order valence-corrected chi connectivity index (χ1v) is 11.1. The van der Waals surface area contributed by atoms with Crippen LogP contribution in [0, 0.1) is 17.7 Å². The van der Waals surface area contributed by atoms with E-state index in [1.807, 2.05) is 6.07 Å². The molecule has 1 atom stereocenters. The maximum atomic E-state index is 14.4. The zero-order valence-electron chi connectivity index (χ0n) is 18.6. The third kappa shape index (κ3) is 4.21. The molecule has 2 aromatic heterocycles. The number of carbonyl (C=O) groups is 1. The number of benzene rings is 1. The van der Waals surface area contributed by atoms with Gasteiger partial charge in [-0.1, -0.05) is 17.9 Å². The molecule has 8 nitrogen and oxygen atoms in total. The molecule has 4 heterocycles. The maximum absolute atomic E-state index is 14.4. The highest BCUT2D eigenvalue weighted by molar-refractivity contribution is 6.06. The van der Waals surface area contributed by atoms with Crippen molar-refractivity contribution in [1.82, 2.24) is 20.6 Å². The zero-order chi connectivity index (χ0) is 23.5. The lowest BCUT2D eigenvalue weighted by molar-refractivity contribution is 0.0925. The van der Waals surface area contributed by atoms with E-state index >= 15 is 0 Å². The minimum atomic E-state index is -0.499. The standard InChI is InChI=1S/C25H24FN5O3/c1-33-24-18(26)3-2-4-20(24)31-23-21-19(8-10-29-25(21)32)30-22(23)17-7-9-27-13-15(17)5-6-16-14-34-12-11-28-16/h2-4,7,9,13,16,28,30-31H,8,10-12,14H2,1H3,(H,29,32). The Balaban J connectivity index is 1.62. The van der Waals surface area contributed by atoms with Gasteiger partial charge >= 0.3 is 0 Å². The van der Waals surface area contributed by atoms with E-state index in [0.29, 0.717) is 54.4 Å². The molecule has 1 fully saturated rings. The number of ether oxygens (including phenoxy) is 2. The molecule has 0 saturated carbocycles. The molecule has 2 aliphatic rings. The lowest BCUT2D eigenvalue weighted by atomic mass is 10.0. The van der Waals surface area contributed by atoms with Crippen molar-refractivity contribution in [2.75, 3.05) is 38.7 Å². The third-order valence-corrected chi connectivity index (χ3v) is 5.79. The molecule has 0 spiro atoms. The second-order valence-corrected chi connectivity index (χ2v) is 7.95. The van der Waals surface area contributed by atoms with Gasteiger partial charge in [0.2, 0.25) is 0 Å². The number of amides is 1. The van der Waals surface area contributed by atoms with Crippen molar-refractivity contribution in [2.45, 2.75) is 12.5 Å². The number of methoxy groups -OCH3 is 1. The average Bonchev–Trinajstić information content (AvgIpc) is 3.23. The van der Waals surface area contributed by atoms with Gasteiger partial charge in [0.1, 0.15) is 0 Å². The van der Waals surface area contributed by atoms with Crippen molar-refractivity contribution >= 4 is 17.3 Å². The molecule has 2 aliphatic heterocycles. The first kappa shape index (κ1) is 21.9. The molecule has 1 amide bonds. The van der Waals surface area contributed by atoms with E-state index in [9.17, 15) is 9.18 Å². The normalized spacial score (nSPS) is 17.2. The fraction of sp³-hybridized carbons (Fsp3) is 0.280. The number of nitrogens with zero attached hydrogens (tertiary/aromatic N) is 1. The summed E-state index contributed by atoms with van der Waals surface area (Å²) in [5.41, 5.74) is 4.38. The van der Waals surface area contributed by atoms with Crippen molar-refractivity contribution in [3.63, 3.8) is 0 Å². The molecule has 174 valence electrons. The monoisotopic (exact) mass is 461 g/mol. The highest BCUT2D eigenvalue weighted by Crippen LogP contribution is 2.40. The lowest BCUT2D eigenvalue weighted by Gasteiger charge is -2.18. The number of fused-ring (bicyclic) bond motifs is 1. The Hall–Kier alpha value is -3.87. The predicted octanol–water partition coefficient (Wildman–Crippen LogP) is 2.59. The lowest BCUT2D eigenvalue weighted by Crippen LogP contribution is -2.40. The summed E-state index contributed by atoms with van der Waals surface area (Å²) in [6.07, 6.45) is 4.01. The van der Waals surface area contributed by atoms with Gasteiger partial charge in [-0.2, -0.15) is 0 Å². The van der Waals surface area contributed by atoms with E-state index in [1.54, 1.807) is 24.5 Å². The van der Waals surface area contributed by atoms with Crippen LogP contribution < -0.4 is 20.7 Å². The van der Waals surface area contributed by atoms with Crippen LogP contribution in [-0.4, -0.2) is 55.3 Å². The number of hydrogen-bond acceptors (Lipinski definition) is 6. The summed E-state index contributed by atoms with van der Waals surface area (Å²) in [6, 6.07) is 6.38. The van der Waals surface area contributed by atoms with E-state index < -0.39 is 5.82 Å². The van der Waals surface area contributed by atoms with Gasteiger partial charge in [-0.3, -0.25) is 15.1 Å². The number of morpholine rings is 1. The van der Waals surface area contributed by atoms with Crippen molar-refractivity contribution in [3.8, 4) is 28.8 Å². The summed E-state index contributed by atoms with van der Waals surface area (Å²) in [6.45, 7) is 2.48. The molecule has 0 bridgehead atoms. The number of nitrogens with one attached hydrogen (secondary N) is 4. The highest BCUT2D eigenvalue weighted by atomic mass is 19.1. The Bertz CT molecular complexity index is 1290. The van der Waals surface area contributed by atoms with Crippen LogP contribution in [0.4, 0.5) is 15.8 Å². The van der Waals surface area contributed by atoms with Gasteiger partial charge in [-0.05, 0) is 18.2 Å². The molecule has 0 radical (unpaired) electrons. The molecular weight excluding hydrogens is 437 g/mol. The molecule has 1 aromatic carbocycles. The minimum Gasteiger partial charge on any atom is -0.492 e. The molecule has 1 unspecified atom stereocenters. The fourth-order valence-corrected chi connectivity index (χ4v) is 4.19. The van der Waals surface area contributed by atoms with Gasteiger partial charge < -0.3 is 25.1 Å². The number of para-hydroxylation sites is 1. The predicted molar refractivity (Wildman–Crippen MR) is 126 cm³/mol. The largest absolute Gasteiger partial charge is 0.492 e. The molecule has 1 saturated heterocycles. The average molecular weight is 461 g/mol. The molecular formula is C25H24FN5O3. The maximum Gasteiger partial charge on any atom is 0.255 e. The highest BCUT2D eigenvalue weighted by Gasteiger charge is 2.28. The molecule has 9 heteroatoms. The number of halogens is 1. The van der Waals surface area contributed by atoms with E-state index in [4.69, 9.17) is 9.47 Å². The van der Waals surface area contributed by atoms with Crippen LogP contribution in [0.3, 0.4) is 0 Å². The van der Waals surface area contributed by atoms with Crippen LogP contribution in [0.15, 0.2) is 36.7 Å². The van der Waals surface area contributed by atoms with Gasteiger partial charge in [-0.25, -0.2) is 4.39 Å². The Morgan fingerprint density at radius 2 is 2.21 bits per heavy atom. The van der Waals surface area contributed by atoms with Gasteiger partial charge in [0.05, 0.1) is 54.6 Å². The van der Waals surface area contributed by atoms with Gasteiger partial charge in [-0.15, -0.1) is 0 Å². The van der Waals surface area contributed by atoms with Crippen LogP contribution in [-0.2, 0) is 11.2 Å². The summed E-state index contributed by atoms with van der Waals surface area (Å²) in [7, 11) is 1.41. The summed E-state index contributed by atoms with van der Waals surface area (Å²) in [5.74, 6) is 5.78. The number of carbonyl (C=O) groups excluding carboxylic acids is 1. The summed E-state index contributed by atoms with van der Waals surface area (Å²) >= 11 is 0. The topological polar surface area (TPSA) is 100 Å². The minimum absolute atomic E-state index is 0.0673. The van der Waals surface area contributed by atoms with Crippen molar-refractivity contribution in [3.05, 3.63) is 59.3 Å². The first-order valence-electron chi connectivity index (χ1n) is 11.1. The summed E-state index contributed by atoms with van der Waals surface area (Å²) in [5, 5.41) is 9.44. The number of anilines is 2. The van der Waals surface area contributed by atoms with Crippen LogP contribution in [0.1, 0.15) is 21.6 Å². The fourth-order valence-electron chi connectivity index (χ4n) is 4.19. The quantitative estimate of drug-likeness (QED) is 0.446. The van der Waals surface area contributed by atoms with Crippen LogP contribution in [0.2, 0.25) is 0 Å². The molecule has 34 heavy (non-hydrogen) atoms. The summed E-state index contributed by atoms with van der Waals surface area (Å²) < 4.78 is 25.1.